The third kappa shape index (κ3) is 2.65. The molecule has 2 aromatic rings. The lowest BCUT2D eigenvalue weighted by Gasteiger charge is -2.10. The summed E-state index contributed by atoms with van der Waals surface area (Å²) in [7, 11) is 1.58. The Bertz CT molecular complexity index is 581. The molecule has 0 aliphatic rings. The van der Waals surface area contributed by atoms with E-state index in [1.807, 2.05) is 0 Å². The van der Waals surface area contributed by atoms with Crippen molar-refractivity contribution in [2.75, 3.05) is 7.11 Å². The highest BCUT2D eigenvalue weighted by Crippen LogP contribution is 2.22. The van der Waals surface area contributed by atoms with Crippen LogP contribution in [0.4, 0.5) is 0 Å². The summed E-state index contributed by atoms with van der Waals surface area (Å²) in [5, 5.41) is 0.609. The van der Waals surface area contributed by atoms with Crippen LogP contribution in [0.5, 0.6) is 5.75 Å². The Labute approximate surface area is 103 Å². The highest BCUT2D eigenvalue weighted by molar-refractivity contribution is 6.30. The molecule has 1 aromatic heterocycles. The lowest BCUT2D eigenvalue weighted by Crippen LogP contribution is -2.22. The zero-order chi connectivity index (χ0) is 12.3. The highest BCUT2D eigenvalue weighted by atomic mass is 35.5. The summed E-state index contributed by atoms with van der Waals surface area (Å²) >= 11 is 5.92. The summed E-state index contributed by atoms with van der Waals surface area (Å²) in [5.74, 6) is 0.699. The summed E-state index contributed by atoms with van der Waals surface area (Å²) in [5.41, 5.74) is 0.546. The standard InChI is InChI=1S/C12H11ClN2O2/c1-17-11-4-3-10(13)7-9(11)8-15-6-2-5-14-12(15)16/h2-7H,8H2,1H3. The third-order valence-corrected chi connectivity index (χ3v) is 2.60. The minimum Gasteiger partial charge on any atom is -0.496 e. The normalized spacial score (nSPS) is 10.2. The van der Waals surface area contributed by atoms with Gasteiger partial charge in [-0.25, -0.2) is 9.78 Å². The van der Waals surface area contributed by atoms with E-state index in [2.05, 4.69) is 4.98 Å². The third-order valence-electron chi connectivity index (χ3n) is 2.37. The van der Waals surface area contributed by atoms with E-state index < -0.39 is 0 Å². The Morgan fingerprint density at radius 2 is 2.29 bits per heavy atom. The lowest BCUT2D eigenvalue weighted by atomic mass is 10.2. The predicted octanol–water partition coefficient (Wildman–Crippen LogP) is 1.95. The van der Waals surface area contributed by atoms with Gasteiger partial charge in [0.25, 0.3) is 0 Å². The number of methoxy groups -OCH3 is 1. The van der Waals surface area contributed by atoms with Gasteiger partial charge < -0.3 is 4.74 Å². The quantitative estimate of drug-likeness (QED) is 0.836. The second kappa shape index (κ2) is 5.01. The van der Waals surface area contributed by atoms with Crippen molar-refractivity contribution >= 4 is 11.6 Å². The van der Waals surface area contributed by atoms with Gasteiger partial charge in [0, 0.05) is 23.0 Å². The first-order valence-electron chi connectivity index (χ1n) is 5.04. The van der Waals surface area contributed by atoms with Crippen molar-refractivity contribution < 1.29 is 4.74 Å². The van der Waals surface area contributed by atoms with E-state index in [9.17, 15) is 4.79 Å². The van der Waals surface area contributed by atoms with Gasteiger partial charge in [0.1, 0.15) is 5.75 Å². The summed E-state index contributed by atoms with van der Waals surface area (Å²) in [4.78, 5) is 15.2. The van der Waals surface area contributed by atoms with E-state index in [-0.39, 0.29) is 5.69 Å². The molecule has 0 unspecified atom stereocenters. The van der Waals surface area contributed by atoms with Crippen LogP contribution in [0.1, 0.15) is 5.56 Å². The van der Waals surface area contributed by atoms with Gasteiger partial charge in [0.05, 0.1) is 13.7 Å². The molecular formula is C12H11ClN2O2. The van der Waals surface area contributed by atoms with Gasteiger partial charge in [-0.15, -0.1) is 0 Å². The molecule has 1 aromatic carbocycles. The monoisotopic (exact) mass is 250 g/mol. The fourth-order valence-electron chi connectivity index (χ4n) is 1.56. The Kier molecular flexibility index (Phi) is 3.44. The minimum atomic E-state index is -0.297. The van der Waals surface area contributed by atoms with Crippen LogP contribution in [0.3, 0.4) is 0 Å². The van der Waals surface area contributed by atoms with Crippen LogP contribution in [0, 0.1) is 0 Å². The molecule has 2 rings (SSSR count). The molecule has 0 spiro atoms. The van der Waals surface area contributed by atoms with Gasteiger partial charge >= 0.3 is 5.69 Å². The molecule has 0 bridgehead atoms. The summed E-state index contributed by atoms with van der Waals surface area (Å²) < 4.78 is 6.71. The molecule has 17 heavy (non-hydrogen) atoms. The topological polar surface area (TPSA) is 44.1 Å². The van der Waals surface area contributed by atoms with Gasteiger partial charge in [0.15, 0.2) is 0 Å². The molecule has 0 amide bonds. The second-order valence-corrected chi connectivity index (χ2v) is 3.92. The Morgan fingerprint density at radius 3 is 3.00 bits per heavy atom. The first-order chi connectivity index (χ1) is 8.20. The van der Waals surface area contributed by atoms with Gasteiger partial charge in [-0.05, 0) is 24.3 Å². The maximum absolute atomic E-state index is 11.5. The van der Waals surface area contributed by atoms with E-state index in [1.54, 1.807) is 37.6 Å². The van der Waals surface area contributed by atoms with Crippen LogP contribution in [0.2, 0.25) is 5.02 Å². The molecule has 5 heteroatoms. The van der Waals surface area contributed by atoms with Crippen LogP contribution in [0.15, 0.2) is 41.5 Å². The average Bonchev–Trinajstić information content (AvgIpc) is 2.32. The van der Waals surface area contributed by atoms with Crippen LogP contribution < -0.4 is 10.4 Å². The van der Waals surface area contributed by atoms with Crippen LogP contribution in [-0.4, -0.2) is 16.7 Å². The number of nitrogens with zero attached hydrogens (tertiary/aromatic N) is 2. The first kappa shape index (κ1) is 11.7. The van der Waals surface area contributed by atoms with Crippen LogP contribution in [0.25, 0.3) is 0 Å². The molecule has 0 saturated carbocycles. The number of halogens is 1. The molecule has 0 N–H and O–H groups in total. The largest absolute Gasteiger partial charge is 0.496 e. The fraction of sp³-hybridized carbons (Fsp3) is 0.167. The molecule has 0 aliphatic carbocycles. The van der Waals surface area contributed by atoms with Crippen LogP contribution in [-0.2, 0) is 6.54 Å². The number of ether oxygens (including phenoxy) is 1. The fourth-order valence-corrected chi connectivity index (χ4v) is 1.76. The van der Waals surface area contributed by atoms with Gasteiger partial charge in [-0.3, -0.25) is 4.57 Å². The minimum absolute atomic E-state index is 0.297. The van der Waals surface area contributed by atoms with E-state index in [4.69, 9.17) is 16.3 Å². The number of hydrogen-bond acceptors (Lipinski definition) is 3. The lowest BCUT2D eigenvalue weighted by molar-refractivity contribution is 0.408. The number of benzene rings is 1. The number of aromatic nitrogens is 2. The molecule has 0 aliphatic heterocycles. The van der Waals surface area contributed by atoms with Crippen molar-refractivity contribution in [2.24, 2.45) is 0 Å². The molecule has 1 heterocycles. The van der Waals surface area contributed by atoms with Gasteiger partial charge in [-0.2, -0.15) is 0 Å². The number of hydrogen-bond donors (Lipinski definition) is 0. The maximum atomic E-state index is 11.5. The smallest absolute Gasteiger partial charge is 0.347 e. The van der Waals surface area contributed by atoms with E-state index >= 15 is 0 Å². The van der Waals surface area contributed by atoms with Crippen molar-refractivity contribution in [1.29, 1.82) is 0 Å². The van der Waals surface area contributed by atoms with Crippen molar-refractivity contribution in [3.05, 3.63) is 57.7 Å². The highest BCUT2D eigenvalue weighted by Gasteiger charge is 2.05. The Hall–Kier alpha value is -1.81. The van der Waals surface area contributed by atoms with E-state index in [0.29, 0.717) is 17.3 Å². The zero-order valence-electron chi connectivity index (χ0n) is 9.26. The zero-order valence-corrected chi connectivity index (χ0v) is 10.0. The maximum Gasteiger partial charge on any atom is 0.347 e. The molecule has 0 radical (unpaired) electrons. The summed E-state index contributed by atoms with van der Waals surface area (Å²) in [6, 6.07) is 7.01. The Balaban J connectivity index is 2.39. The molecule has 0 fully saturated rings. The molecular weight excluding hydrogens is 240 g/mol. The second-order valence-electron chi connectivity index (χ2n) is 3.49. The SMILES string of the molecule is COc1ccc(Cl)cc1Cn1cccnc1=O. The molecule has 0 saturated heterocycles. The Morgan fingerprint density at radius 1 is 1.47 bits per heavy atom. The predicted molar refractivity (Wildman–Crippen MR) is 65.6 cm³/mol. The average molecular weight is 251 g/mol. The molecule has 0 atom stereocenters. The first-order valence-corrected chi connectivity index (χ1v) is 5.42. The van der Waals surface area contributed by atoms with Crippen molar-refractivity contribution in [3.8, 4) is 5.75 Å². The molecule has 4 nitrogen and oxygen atoms in total. The van der Waals surface area contributed by atoms with Crippen LogP contribution >= 0.6 is 11.6 Å². The van der Waals surface area contributed by atoms with Gasteiger partial charge in [-0.1, -0.05) is 11.6 Å². The summed E-state index contributed by atoms with van der Waals surface area (Å²) in [6.07, 6.45) is 3.14. The van der Waals surface area contributed by atoms with Crippen molar-refractivity contribution in [2.45, 2.75) is 6.54 Å². The van der Waals surface area contributed by atoms with Gasteiger partial charge in [0.2, 0.25) is 0 Å². The molecule has 88 valence electrons. The number of rotatable bonds is 3. The van der Waals surface area contributed by atoms with E-state index in [1.165, 1.54) is 10.8 Å². The van der Waals surface area contributed by atoms with Crippen molar-refractivity contribution in [3.63, 3.8) is 0 Å². The summed E-state index contributed by atoms with van der Waals surface area (Å²) in [6.45, 7) is 0.385. The van der Waals surface area contributed by atoms with Crippen molar-refractivity contribution in [1.82, 2.24) is 9.55 Å². The van der Waals surface area contributed by atoms with E-state index in [0.717, 1.165) is 5.56 Å².